The van der Waals surface area contributed by atoms with E-state index in [1.54, 1.807) is 0 Å². The normalized spacial score (nSPS) is 24.9. The number of hydrogen-bond donors (Lipinski definition) is 2. The van der Waals surface area contributed by atoms with E-state index in [1.807, 2.05) is 30.3 Å². The predicted molar refractivity (Wildman–Crippen MR) is 72.6 cm³/mol. The van der Waals surface area contributed by atoms with Crippen molar-refractivity contribution in [1.82, 2.24) is 0 Å². The van der Waals surface area contributed by atoms with E-state index in [4.69, 9.17) is 15.6 Å². The van der Waals surface area contributed by atoms with Gasteiger partial charge >= 0.3 is 5.97 Å². The number of rotatable bonds is 5. The summed E-state index contributed by atoms with van der Waals surface area (Å²) < 4.78 is 5.88. The molecule has 1 aliphatic rings. The molecule has 104 valence electrons. The number of benzene rings is 1. The second-order valence-corrected chi connectivity index (χ2v) is 5.21. The van der Waals surface area contributed by atoms with E-state index < -0.39 is 12.0 Å². The lowest BCUT2D eigenvalue weighted by Crippen LogP contribution is -2.41. The molecule has 0 amide bonds. The highest BCUT2D eigenvalue weighted by atomic mass is 16.5. The maximum Gasteiger partial charge on any atom is 0.320 e. The van der Waals surface area contributed by atoms with Crippen molar-refractivity contribution in [2.45, 2.75) is 44.4 Å². The molecular formula is C15H21NO3. The van der Waals surface area contributed by atoms with Gasteiger partial charge in [0.2, 0.25) is 0 Å². The van der Waals surface area contributed by atoms with Gasteiger partial charge in [0, 0.05) is 0 Å². The van der Waals surface area contributed by atoms with Crippen molar-refractivity contribution < 1.29 is 14.6 Å². The quantitative estimate of drug-likeness (QED) is 0.854. The maximum absolute atomic E-state index is 10.9. The zero-order valence-corrected chi connectivity index (χ0v) is 11.0. The largest absolute Gasteiger partial charge is 0.480 e. The zero-order valence-electron chi connectivity index (χ0n) is 11.0. The minimum absolute atomic E-state index is 0.0343. The van der Waals surface area contributed by atoms with Crippen molar-refractivity contribution >= 4 is 5.97 Å². The first kappa shape index (κ1) is 14.0. The van der Waals surface area contributed by atoms with Crippen molar-refractivity contribution in [3.63, 3.8) is 0 Å². The molecule has 1 aromatic rings. The van der Waals surface area contributed by atoms with Crippen molar-refractivity contribution in [3.05, 3.63) is 35.9 Å². The van der Waals surface area contributed by atoms with Gasteiger partial charge in [-0.2, -0.15) is 0 Å². The van der Waals surface area contributed by atoms with Gasteiger partial charge in [-0.3, -0.25) is 4.79 Å². The second kappa shape index (κ2) is 6.68. The minimum atomic E-state index is -0.909. The van der Waals surface area contributed by atoms with E-state index in [0.717, 1.165) is 31.2 Å². The average molecular weight is 263 g/mol. The molecule has 0 aromatic heterocycles. The molecule has 4 heteroatoms. The lowest BCUT2D eigenvalue weighted by Gasteiger charge is -2.31. The summed E-state index contributed by atoms with van der Waals surface area (Å²) in [6, 6.07) is 9.26. The molecule has 0 bridgehead atoms. The van der Waals surface area contributed by atoms with Gasteiger partial charge in [-0.15, -0.1) is 0 Å². The highest BCUT2D eigenvalue weighted by Gasteiger charge is 2.30. The van der Waals surface area contributed by atoms with E-state index in [2.05, 4.69) is 0 Å². The maximum atomic E-state index is 10.9. The Bertz CT molecular complexity index is 407. The monoisotopic (exact) mass is 263 g/mol. The lowest BCUT2D eigenvalue weighted by atomic mass is 9.82. The van der Waals surface area contributed by atoms with E-state index in [9.17, 15) is 4.79 Å². The van der Waals surface area contributed by atoms with Crippen LogP contribution in [0.3, 0.4) is 0 Å². The van der Waals surface area contributed by atoms with E-state index >= 15 is 0 Å². The number of carbonyl (C=O) groups is 1. The number of carboxylic acid groups (broad SMARTS) is 1. The van der Waals surface area contributed by atoms with Gasteiger partial charge in [0.25, 0.3) is 0 Å². The van der Waals surface area contributed by atoms with Gasteiger partial charge in [-0.25, -0.2) is 0 Å². The van der Waals surface area contributed by atoms with Crippen LogP contribution in [0.2, 0.25) is 0 Å². The Morgan fingerprint density at radius 3 is 2.79 bits per heavy atom. The van der Waals surface area contributed by atoms with Crippen LogP contribution in [0.15, 0.2) is 30.3 Å². The summed E-state index contributed by atoms with van der Waals surface area (Å²) in [6.45, 7) is 0.584. The summed E-state index contributed by atoms with van der Waals surface area (Å²) >= 11 is 0. The molecule has 3 atom stereocenters. The molecule has 0 spiro atoms. The van der Waals surface area contributed by atoms with Crippen LogP contribution in [0.5, 0.6) is 0 Å². The Hall–Kier alpha value is -1.39. The number of hydrogen-bond acceptors (Lipinski definition) is 3. The third-order valence-electron chi connectivity index (χ3n) is 3.79. The molecule has 3 unspecified atom stereocenters. The second-order valence-electron chi connectivity index (χ2n) is 5.21. The van der Waals surface area contributed by atoms with Crippen molar-refractivity contribution in [2.24, 2.45) is 11.7 Å². The summed E-state index contributed by atoms with van der Waals surface area (Å²) in [5, 5.41) is 8.96. The molecule has 1 aromatic carbocycles. The Kier molecular flexibility index (Phi) is 4.93. The minimum Gasteiger partial charge on any atom is -0.480 e. The number of ether oxygens (including phenoxy) is 1. The van der Waals surface area contributed by atoms with Crippen LogP contribution in [0.4, 0.5) is 0 Å². The Balaban J connectivity index is 1.83. The van der Waals surface area contributed by atoms with E-state index in [-0.39, 0.29) is 12.0 Å². The fraction of sp³-hybridized carbons (Fsp3) is 0.533. The van der Waals surface area contributed by atoms with E-state index in [1.165, 1.54) is 0 Å². The fourth-order valence-corrected chi connectivity index (χ4v) is 2.65. The number of aliphatic carboxylic acids is 1. The van der Waals surface area contributed by atoms with E-state index in [0.29, 0.717) is 6.61 Å². The van der Waals surface area contributed by atoms with Crippen LogP contribution in [-0.4, -0.2) is 23.2 Å². The summed E-state index contributed by atoms with van der Waals surface area (Å²) in [5.74, 6) is -0.874. The van der Waals surface area contributed by atoms with Gasteiger partial charge in [-0.1, -0.05) is 36.8 Å². The molecule has 4 nitrogen and oxygen atoms in total. The first-order chi connectivity index (χ1) is 9.16. The molecule has 1 saturated carbocycles. The third-order valence-corrected chi connectivity index (χ3v) is 3.79. The summed E-state index contributed by atoms with van der Waals surface area (Å²) in [6.07, 6.45) is 3.75. The molecule has 2 rings (SSSR count). The van der Waals surface area contributed by atoms with Crippen molar-refractivity contribution in [3.8, 4) is 0 Å². The SMILES string of the molecule is NC(C(=O)O)C1CCCC(OCc2ccccc2)C1. The highest BCUT2D eigenvalue weighted by Crippen LogP contribution is 2.28. The van der Waals surface area contributed by atoms with Crippen LogP contribution in [0, 0.1) is 5.92 Å². The number of carboxylic acids is 1. The summed E-state index contributed by atoms with van der Waals surface area (Å²) in [4.78, 5) is 10.9. The predicted octanol–water partition coefficient (Wildman–Crippen LogP) is 2.17. The van der Waals surface area contributed by atoms with Gasteiger partial charge < -0.3 is 15.6 Å². The first-order valence-corrected chi connectivity index (χ1v) is 6.80. The molecule has 19 heavy (non-hydrogen) atoms. The van der Waals surface area contributed by atoms with Crippen molar-refractivity contribution in [1.29, 1.82) is 0 Å². The topological polar surface area (TPSA) is 72.6 Å². The molecular weight excluding hydrogens is 242 g/mol. The standard InChI is InChI=1S/C15H21NO3/c16-14(15(17)18)12-7-4-8-13(9-12)19-10-11-5-2-1-3-6-11/h1-3,5-6,12-14H,4,7-10,16H2,(H,17,18). The molecule has 3 N–H and O–H groups in total. The first-order valence-electron chi connectivity index (χ1n) is 6.80. The lowest BCUT2D eigenvalue weighted by molar-refractivity contribution is -0.140. The van der Waals surface area contributed by atoms with Crippen LogP contribution >= 0.6 is 0 Å². The molecule has 1 aliphatic carbocycles. The number of nitrogens with two attached hydrogens (primary N) is 1. The third kappa shape index (κ3) is 4.04. The van der Waals surface area contributed by atoms with Gasteiger partial charge in [0.15, 0.2) is 0 Å². The summed E-state index contributed by atoms with van der Waals surface area (Å²) in [5.41, 5.74) is 6.85. The van der Waals surface area contributed by atoms with Crippen LogP contribution in [-0.2, 0) is 16.1 Å². The van der Waals surface area contributed by atoms with Crippen LogP contribution in [0.1, 0.15) is 31.2 Å². The molecule has 0 saturated heterocycles. The Morgan fingerprint density at radius 1 is 1.37 bits per heavy atom. The van der Waals surface area contributed by atoms with Crippen molar-refractivity contribution in [2.75, 3.05) is 0 Å². The van der Waals surface area contributed by atoms with Crippen LogP contribution < -0.4 is 5.73 Å². The summed E-state index contributed by atoms with van der Waals surface area (Å²) in [7, 11) is 0. The average Bonchev–Trinajstić information content (AvgIpc) is 2.45. The molecule has 0 heterocycles. The van der Waals surface area contributed by atoms with Crippen LogP contribution in [0.25, 0.3) is 0 Å². The fourth-order valence-electron chi connectivity index (χ4n) is 2.65. The highest BCUT2D eigenvalue weighted by molar-refractivity contribution is 5.73. The molecule has 0 aliphatic heterocycles. The Labute approximate surface area is 113 Å². The zero-order chi connectivity index (χ0) is 13.7. The smallest absolute Gasteiger partial charge is 0.320 e. The molecule has 1 fully saturated rings. The Morgan fingerprint density at radius 2 is 2.11 bits per heavy atom. The van der Waals surface area contributed by atoms with Gasteiger partial charge in [0.05, 0.1) is 12.7 Å². The van der Waals surface area contributed by atoms with Gasteiger partial charge in [-0.05, 0) is 30.7 Å². The molecule has 0 radical (unpaired) electrons. The van der Waals surface area contributed by atoms with Gasteiger partial charge in [0.1, 0.15) is 6.04 Å².